The molecule has 0 aliphatic heterocycles. The molecule has 5 aromatic heterocycles. The highest BCUT2D eigenvalue weighted by Gasteiger charge is 2.37. The summed E-state index contributed by atoms with van der Waals surface area (Å²) in [5.41, 5.74) is 10.7. The Bertz CT molecular complexity index is 8280. The Labute approximate surface area is 822 Å². The molecule has 0 radical (unpaired) electrons. The average molecular weight is 1930 g/mol. The number of nitro benzene ring substituents is 1. The van der Waals surface area contributed by atoms with E-state index in [0.29, 0.717) is 51.1 Å². The highest BCUT2D eigenvalue weighted by Crippen LogP contribution is 2.48. The van der Waals surface area contributed by atoms with Crippen LogP contribution in [0.5, 0.6) is 5.75 Å². The van der Waals surface area contributed by atoms with Gasteiger partial charge in [-0.05, 0) is 164 Å². The number of halogens is 3. The second-order valence-corrected chi connectivity index (χ2v) is 38.9. The van der Waals surface area contributed by atoms with E-state index in [1.54, 1.807) is 53.0 Å². The molecule has 4 unspecified atom stereocenters. The van der Waals surface area contributed by atoms with E-state index in [2.05, 4.69) is 144 Å². The van der Waals surface area contributed by atoms with Crippen LogP contribution in [0.4, 0.5) is 18.9 Å². The third kappa shape index (κ3) is 20.0. The van der Waals surface area contributed by atoms with Gasteiger partial charge in [0.15, 0.2) is 10.9 Å². The van der Waals surface area contributed by atoms with Gasteiger partial charge < -0.3 is 33.0 Å². The van der Waals surface area contributed by atoms with E-state index in [9.17, 15) is 47.3 Å². The highest BCUT2D eigenvalue weighted by molar-refractivity contribution is 7.26. The van der Waals surface area contributed by atoms with Crippen molar-refractivity contribution in [3.63, 3.8) is 0 Å². The number of oxime groups is 3. The van der Waals surface area contributed by atoms with E-state index in [4.69, 9.17) is 19.2 Å². The number of carbonyl (C=O) groups excluding carboxylic acids is 3. The molecule has 23 heteroatoms. The van der Waals surface area contributed by atoms with Crippen molar-refractivity contribution in [2.75, 3.05) is 6.61 Å². The minimum atomic E-state index is -3.20. The quantitative estimate of drug-likeness (QED) is 0.00964. The molecule has 0 saturated heterocycles. The van der Waals surface area contributed by atoms with Crippen molar-refractivity contribution in [2.45, 2.75) is 185 Å². The van der Waals surface area contributed by atoms with Crippen molar-refractivity contribution in [3.05, 3.63) is 330 Å². The molecule has 14 aromatic carbocycles. The molecule has 0 bridgehead atoms. The van der Waals surface area contributed by atoms with Gasteiger partial charge in [-0.2, -0.15) is 0 Å². The summed E-state index contributed by atoms with van der Waals surface area (Å²) in [4.78, 5) is 91.5. The van der Waals surface area contributed by atoms with Gasteiger partial charge in [-0.1, -0.05) is 273 Å². The lowest BCUT2D eigenvalue weighted by molar-refractivity contribution is -0.382. The first-order valence-corrected chi connectivity index (χ1v) is 50.3. The first-order valence-electron chi connectivity index (χ1n) is 48.7. The van der Waals surface area contributed by atoms with Gasteiger partial charge in [0.1, 0.15) is 29.5 Å². The Morgan fingerprint density at radius 2 is 0.837 bits per heavy atom. The Morgan fingerprint density at radius 3 is 1.38 bits per heavy atom. The molecule has 19 aromatic rings. The lowest BCUT2D eigenvalue weighted by atomic mass is 9.92. The summed E-state index contributed by atoms with van der Waals surface area (Å²) in [7, 11) is 0. The Hall–Kier alpha value is -14.6. The number of carbonyl (C=O) groups is 3. The number of unbranched alkanes of at least 4 members (excludes halogenated alkanes) is 3. The number of ether oxygens (including phenoxy) is 1. The predicted molar refractivity (Wildman–Crippen MR) is 573 cm³/mol. The molecular weight excluding hydrogens is 1810 g/mol. The Kier molecular flexibility index (Phi) is 29.9. The standard InChI is InChI=1S/C41H38N2O3S.C40H36N2O3S.C37H38F3N3O5/c1-5-7-15-27(6-2)24-43-35-22-21-32-40(45)31-19-12-13-20-36(31)47-41(32)37(35)34-23-33(29-17-10-11-18-30(29)39(34)43)38(42-46-26(4)44)28-16-9-8-14-25(28)3;1-4-6-14-26(5-2)24-42-33-22-21-28(37(41-45-25(3)43)27-15-8-7-9-16-27)23-32(33)35-38(42)30-18-11-10-17-29(30)36-39(44)31-19-12-13-20-34(31)46-40(35)36;1-5-7-10-24(6-2)21-42-32-18-15-26(19-30(32)31-20-33(43(45)46)28-11-8-9-12-29(28)35(31)42)34(41-48-23(3)44)25-13-16-27(17-14-25)47-22-37(4,40)36(38)39/h8-14,16-23,27H,5-7,15,24H2,1-4H3;7-13,15-23,26H,4-6,14,24H2,1-3H3;8-9,11-20,24,36H,5-7,10,21-22H2,1-4H3/b42-38-;41-37-;41-34-. The van der Waals surface area contributed by atoms with Crippen LogP contribution < -0.4 is 15.6 Å². The van der Waals surface area contributed by atoms with E-state index in [0.717, 1.165) is 220 Å². The molecule has 19 rings (SSSR count). The zero-order valence-electron chi connectivity index (χ0n) is 81.0. The largest absolute Gasteiger partial charge is 0.490 e. The predicted octanol–water partition coefficient (Wildman–Crippen LogP) is 30.5. The molecule has 0 amide bonds. The van der Waals surface area contributed by atoms with E-state index < -0.39 is 36.6 Å². The van der Waals surface area contributed by atoms with Gasteiger partial charge in [-0.15, -0.1) is 22.7 Å². The van der Waals surface area contributed by atoms with Gasteiger partial charge in [0.2, 0.25) is 5.67 Å². The maximum atomic E-state index is 14.3. The van der Waals surface area contributed by atoms with Crippen molar-refractivity contribution < 1.29 is 51.7 Å². The number of hydrogen-bond donors (Lipinski definition) is 0. The lowest BCUT2D eigenvalue weighted by Crippen LogP contribution is -2.35. The van der Waals surface area contributed by atoms with Crippen molar-refractivity contribution >= 4 is 201 Å². The number of benzene rings is 14. The molecule has 5 heterocycles. The third-order valence-corrected chi connectivity index (χ3v) is 29.6. The summed E-state index contributed by atoms with van der Waals surface area (Å²) in [5.74, 6) is 0.0203. The van der Waals surface area contributed by atoms with Crippen LogP contribution in [-0.4, -0.2) is 72.4 Å². The first kappa shape index (κ1) is 98.1. The fourth-order valence-electron chi connectivity index (χ4n) is 19.9. The molecule has 0 N–H and O–H groups in total. The minimum absolute atomic E-state index is 0.00110. The number of rotatable bonds is 32. The number of aromatic nitrogens is 3. The fourth-order valence-corrected chi connectivity index (χ4v) is 22.3. The van der Waals surface area contributed by atoms with Crippen molar-refractivity contribution in [1.29, 1.82) is 0 Å². The first-order chi connectivity index (χ1) is 68.3. The van der Waals surface area contributed by atoms with Gasteiger partial charge >= 0.3 is 17.9 Å². The summed E-state index contributed by atoms with van der Waals surface area (Å²) in [6.07, 6.45) is 10.3. The van der Waals surface area contributed by atoms with Gasteiger partial charge in [-0.25, -0.2) is 27.6 Å². The summed E-state index contributed by atoms with van der Waals surface area (Å²) in [6.45, 7) is 21.9. The van der Waals surface area contributed by atoms with E-state index in [-0.39, 0.29) is 32.9 Å². The molecule has 0 aliphatic rings. The van der Waals surface area contributed by atoms with E-state index >= 15 is 0 Å². The topological polar surface area (TPSA) is 217 Å². The van der Waals surface area contributed by atoms with Crippen LogP contribution in [0.3, 0.4) is 0 Å². The van der Waals surface area contributed by atoms with Crippen molar-refractivity contribution in [2.24, 2.45) is 33.2 Å². The number of alkyl halides is 3. The number of aryl methyl sites for hydroxylation is 1. The van der Waals surface area contributed by atoms with Crippen LogP contribution in [0.2, 0.25) is 0 Å². The summed E-state index contributed by atoms with van der Waals surface area (Å²) in [6, 6.07) is 84.1. The number of fused-ring (bicyclic) bond motifs is 22. The SMILES string of the molecule is CCCCC(CC)Cn1c2ccc(/C(=N\OC(C)=O)c3ccc(OCC(C)(F)C(F)F)cc3)cc2c2cc([N+](=O)[O-])c3ccccc3c21.CCCCC(CC)Cn1c2ccc(/C(=N\OC(C)=O)c3ccccc3)cc2c2c3sc4ccccc4c(=O)c3c3ccccc3c21.CCCCC(CC)Cn1c2ccc3c(=O)c4ccccc4sc3c2c2cc(/C(=N\OC(C)=O)c3ccccc3C)c3ccccc3c21. The summed E-state index contributed by atoms with van der Waals surface area (Å²) in [5, 5.41) is 39.6. The van der Waals surface area contributed by atoms with Gasteiger partial charge in [0.25, 0.3) is 12.1 Å². The molecule has 18 nitrogen and oxygen atoms in total. The van der Waals surface area contributed by atoms with Gasteiger partial charge in [0, 0.05) is 180 Å². The monoisotopic (exact) mass is 1920 g/mol. The molecule has 141 heavy (non-hydrogen) atoms. The molecule has 0 aliphatic carbocycles. The molecule has 4 atom stereocenters. The van der Waals surface area contributed by atoms with Crippen LogP contribution in [0.1, 0.15) is 185 Å². The molecule has 0 saturated carbocycles. The van der Waals surface area contributed by atoms with Gasteiger partial charge in [0.05, 0.1) is 32.4 Å². The third-order valence-electron chi connectivity index (χ3n) is 27.3. The van der Waals surface area contributed by atoms with Crippen LogP contribution in [-0.2, 0) is 48.5 Å². The second kappa shape index (κ2) is 43.0. The maximum absolute atomic E-state index is 14.3. The summed E-state index contributed by atoms with van der Waals surface area (Å²) >= 11 is 3.37. The Morgan fingerprint density at radius 1 is 0.404 bits per heavy atom. The van der Waals surface area contributed by atoms with Crippen LogP contribution in [0.25, 0.3) is 138 Å². The summed E-state index contributed by atoms with van der Waals surface area (Å²) < 4.78 is 56.5. The van der Waals surface area contributed by atoms with Gasteiger partial charge in [-0.3, -0.25) is 19.7 Å². The molecular formula is C118H112F3N7O11S2. The smallest absolute Gasteiger partial charge is 0.332 e. The Balaban J connectivity index is 0.000000146. The fraction of sp³-hybridized carbons (Fsp3) is 0.271. The maximum Gasteiger partial charge on any atom is 0.332 e. The zero-order valence-corrected chi connectivity index (χ0v) is 82.7. The van der Waals surface area contributed by atoms with Crippen molar-refractivity contribution in [3.8, 4) is 5.75 Å². The minimum Gasteiger partial charge on any atom is -0.490 e. The van der Waals surface area contributed by atoms with Crippen molar-refractivity contribution in [1.82, 2.24) is 13.7 Å². The van der Waals surface area contributed by atoms with E-state index in [1.165, 1.54) is 71.4 Å². The second-order valence-electron chi connectivity index (χ2n) is 36.8. The number of nitrogens with zero attached hydrogens (tertiary/aromatic N) is 7. The average Bonchev–Trinajstić information content (AvgIpc) is 1.60. The molecule has 718 valence electrons. The number of hydrogen-bond acceptors (Lipinski definition) is 16. The number of non-ortho nitro benzene ring substituents is 1. The molecule has 0 fully saturated rings. The van der Waals surface area contributed by atoms with E-state index in [1.807, 2.05) is 153 Å². The zero-order chi connectivity index (χ0) is 99.0. The van der Waals surface area contributed by atoms with Crippen LogP contribution in [0.15, 0.2) is 286 Å². The van der Waals surface area contributed by atoms with Crippen LogP contribution in [0, 0.1) is 34.8 Å². The normalized spacial score (nSPS) is 13.3. The number of nitro groups is 1. The highest BCUT2D eigenvalue weighted by atomic mass is 32.1. The molecule has 0 spiro atoms. The lowest BCUT2D eigenvalue weighted by Gasteiger charge is -2.19. The van der Waals surface area contributed by atoms with Crippen LogP contribution >= 0.6 is 22.7 Å².